The first-order valence-electron chi connectivity index (χ1n) is 26.2. The van der Waals surface area contributed by atoms with Gasteiger partial charge < -0.3 is 61.4 Å². The second kappa shape index (κ2) is 23.4. The van der Waals surface area contributed by atoms with E-state index in [2.05, 4.69) is 15.8 Å². The van der Waals surface area contributed by atoms with Gasteiger partial charge in [0.25, 0.3) is 0 Å². The van der Waals surface area contributed by atoms with Crippen molar-refractivity contribution in [2.45, 2.75) is 133 Å². The summed E-state index contributed by atoms with van der Waals surface area (Å²) in [5.41, 5.74) is 0.883. The molecule has 3 amide bonds. The van der Waals surface area contributed by atoms with Crippen LogP contribution in [-0.4, -0.2) is 140 Å². The summed E-state index contributed by atoms with van der Waals surface area (Å²) in [5, 5.41) is 9.72. The minimum absolute atomic E-state index is 0.0237. The summed E-state index contributed by atoms with van der Waals surface area (Å²) in [5.74, 6) is 1.85. The zero-order valence-corrected chi connectivity index (χ0v) is 45.0. The van der Waals surface area contributed by atoms with Gasteiger partial charge in [0.1, 0.15) is 52.4 Å². The summed E-state index contributed by atoms with van der Waals surface area (Å²) < 4.78 is 64.1. The highest BCUT2D eigenvalue weighted by Crippen LogP contribution is 2.53. The molecule has 76 heavy (non-hydrogen) atoms. The van der Waals surface area contributed by atoms with Crippen molar-refractivity contribution in [2.75, 3.05) is 72.5 Å². The number of carbonyl (C=O) groups is 3. The fraction of sp³-hybridized carbons (Fsp3) is 0.571. The summed E-state index contributed by atoms with van der Waals surface area (Å²) in [6.07, 6.45) is 1.55. The highest BCUT2D eigenvalue weighted by molar-refractivity contribution is 7.41. The molecule has 19 nitrogen and oxygen atoms in total. The molecular weight excluding hydrogens is 996 g/mol. The van der Waals surface area contributed by atoms with Crippen LogP contribution in [0, 0.1) is 24.5 Å². The Labute approximate surface area is 446 Å². The van der Waals surface area contributed by atoms with Gasteiger partial charge >= 0.3 is 8.60 Å². The van der Waals surface area contributed by atoms with Crippen LogP contribution in [0.25, 0.3) is 9.69 Å². The van der Waals surface area contributed by atoms with Gasteiger partial charge in [-0.15, -0.1) is 0 Å². The molecule has 404 valence electrons. The molecule has 0 N–H and O–H groups in total. The molecule has 3 aromatic rings. The molecular formula is C56H67N6O13P. The largest absolute Gasteiger partial charge is 0.485 e. The van der Waals surface area contributed by atoms with Crippen molar-refractivity contribution in [3.8, 4) is 23.3 Å². The standard InChI is InChI=1S/C56H67N6O13P/c1-54(2)51(48(60-21-9-12-45(60)63)39-32-36(35-57)15-18-42(39)72-54)68-28-24-66-26-30-70-76(75-53-50(62-23-11-14-47(62)65)41-34-38(59-8)17-20-44(41)74-56(53,5)6)71-31-27-67-25-29-69-52-49(61-22-10-13-46(61)64)40-33-37(58-7)16-19-43(40)73-55(52,3)4/h15-20,32-34,48-53H,9-14,21-31H2,1-6H3/t48-,49-,50-,51+,52+,53+,76?/m1/s1. The lowest BCUT2D eigenvalue weighted by Crippen LogP contribution is -2.55. The van der Waals surface area contributed by atoms with Gasteiger partial charge in [-0.25, -0.2) is 9.69 Å². The number of amides is 3. The fourth-order valence-corrected chi connectivity index (χ4v) is 12.5. The number of benzene rings is 3. The van der Waals surface area contributed by atoms with E-state index in [1.165, 1.54) is 0 Å². The van der Waals surface area contributed by atoms with E-state index in [-0.39, 0.29) is 70.6 Å². The van der Waals surface area contributed by atoms with E-state index < -0.39 is 61.8 Å². The summed E-state index contributed by atoms with van der Waals surface area (Å²) in [6.45, 7) is 29.7. The Morgan fingerprint density at radius 1 is 0.566 bits per heavy atom. The van der Waals surface area contributed by atoms with Gasteiger partial charge in [0.15, 0.2) is 11.4 Å². The number of rotatable bonds is 21. The zero-order chi connectivity index (χ0) is 53.8. The highest BCUT2D eigenvalue weighted by Gasteiger charge is 2.53. The van der Waals surface area contributed by atoms with Gasteiger partial charge in [-0.05, 0) is 103 Å². The highest BCUT2D eigenvalue weighted by atomic mass is 31.2. The molecule has 0 aliphatic carbocycles. The number of fused-ring (bicyclic) bond motifs is 3. The summed E-state index contributed by atoms with van der Waals surface area (Å²) in [7, 11) is -2.14. The van der Waals surface area contributed by atoms with Gasteiger partial charge in [0, 0.05) is 55.6 Å². The van der Waals surface area contributed by atoms with Crippen LogP contribution in [0.1, 0.15) is 120 Å². The Kier molecular flexibility index (Phi) is 16.9. The molecule has 3 aromatic carbocycles. The topological polar surface area (TPSA) is 186 Å². The molecule has 0 radical (unpaired) electrons. The molecule has 20 heteroatoms. The first-order chi connectivity index (χ1) is 36.5. The van der Waals surface area contributed by atoms with Crippen LogP contribution in [0.3, 0.4) is 0 Å². The third-order valence-corrected chi connectivity index (χ3v) is 16.0. The third kappa shape index (κ3) is 11.7. The van der Waals surface area contributed by atoms with Crippen LogP contribution in [0.15, 0.2) is 54.6 Å². The van der Waals surface area contributed by atoms with Gasteiger partial charge in [0.2, 0.25) is 17.7 Å². The molecule has 1 unspecified atom stereocenters. The monoisotopic (exact) mass is 1060 g/mol. The molecule has 0 aromatic heterocycles. The van der Waals surface area contributed by atoms with E-state index in [9.17, 15) is 19.6 Å². The van der Waals surface area contributed by atoms with Crippen LogP contribution in [-0.2, 0) is 46.9 Å². The van der Waals surface area contributed by atoms with Crippen molar-refractivity contribution in [1.29, 1.82) is 5.26 Å². The molecule has 6 aliphatic rings. The van der Waals surface area contributed by atoms with Crippen molar-refractivity contribution in [3.05, 3.63) is 99.7 Å². The quantitative estimate of drug-likeness (QED) is 0.0559. The minimum Gasteiger partial charge on any atom is -0.485 e. The number of nitrogens with zero attached hydrogens (tertiary/aromatic N) is 6. The lowest BCUT2D eigenvalue weighted by atomic mass is 9.84. The average Bonchev–Trinajstić information content (AvgIpc) is 4.18. The first-order valence-corrected chi connectivity index (χ1v) is 27.3. The summed E-state index contributed by atoms with van der Waals surface area (Å²) in [6, 6.07) is 16.5. The minimum atomic E-state index is -2.14. The maximum Gasteiger partial charge on any atom is 0.333 e. The molecule has 0 spiro atoms. The van der Waals surface area contributed by atoms with E-state index in [1.54, 1.807) is 59.5 Å². The SMILES string of the molecule is [C-]#[N+]c1ccc2c(c1)[C@@H](N1CCCC1=O)[C@H](OCCOCCOP(OCCOCCO[C@H]1[C@H](N3CCCC3=O)c3cc(C#N)ccc3OC1(C)C)O[C@H]1[C@H](N3CCCC3=O)c3cc([N+]#[C-])ccc3OC1(C)C)C(C)(C)O2. The Hall–Kier alpha value is -5.91. The number of hydrogen-bond acceptors (Lipinski definition) is 14. The number of carbonyl (C=O) groups excluding carboxylic acids is 3. The molecule has 3 saturated heterocycles. The molecule has 7 atom stereocenters. The number of nitriles is 1. The number of hydrogen-bond donors (Lipinski definition) is 0. The lowest BCUT2D eigenvalue weighted by Gasteiger charge is -2.47. The van der Waals surface area contributed by atoms with E-state index in [1.807, 2.05) is 51.3 Å². The Balaban J connectivity index is 0.844. The van der Waals surface area contributed by atoms with Crippen LogP contribution in [0.5, 0.6) is 17.2 Å². The van der Waals surface area contributed by atoms with Gasteiger partial charge in [-0.1, -0.05) is 12.1 Å². The molecule has 0 bridgehead atoms. The Bertz CT molecular complexity index is 2640. The molecule has 6 heterocycles. The van der Waals surface area contributed by atoms with Crippen molar-refractivity contribution < 1.29 is 61.1 Å². The van der Waals surface area contributed by atoms with E-state index in [4.69, 9.17) is 59.9 Å². The van der Waals surface area contributed by atoms with Crippen molar-refractivity contribution in [3.63, 3.8) is 0 Å². The van der Waals surface area contributed by atoms with Crippen molar-refractivity contribution >= 4 is 37.7 Å². The third-order valence-electron chi connectivity index (χ3n) is 14.8. The average molecular weight is 1060 g/mol. The maximum absolute atomic E-state index is 13.5. The van der Waals surface area contributed by atoms with Crippen LogP contribution in [0.4, 0.5) is 11.4 Å². The number of ether oxygens (including phenoxy) is 7. The van der Waals surface area contributed by atoms with Crippen LogP contribution >= 0.6 is 8.60 Å². The Morgan fingerprint density at radius 3 is 1.34 bits per heavy atom. The van der Waals surface area contributed by atoms with E-state index >= 15 is 0 Å². The van der Waals surface area contributed by atoms with Gasteiger partial charge in [0.05, 0.1) is 95.8 Å². The van der Waals surface area contributed by atoms with E-state index in [0.29, 0.717) is 85.1 Å². The smallest absolute Gasteiger partial charge is 0.333 e. The molecule has 3 fully saturated rings. The summed E-state index contributed by atoms with van der Waals surface area (Å²) >= 11 is 0. The second-order valence-electron chi connectivity index (χ2n) is 21.3. The van der Waals surface area contributed by atoms with Crippen molar-refractivity contribution in [1.82, 2.24) is 14.7 Å². The zero-order valence-electron chi connectivity index (χ0n) is 44.1. The normalized spacial score (nSPS) is 25.3. The number of likely N-dealkylation sites (tertiary alicyclic amines) is 3. The molecule has 6 aliphatic heterocycles. The fourth-order valence-electron chi connectivity index (χ4n) is 11.3. The van der Waals surface area contributed by atoms with Crippen LogP contribution < -0.4 is 14.2 Å². The molecule has 9 rings (SSSR count). The van der Waals surface area contributed by atoms with Gasteiger partial charge in [-0.2, -0.15) is 5.26 Å². The van der Waals surface area contributed by atoms with E-state index in [0.717, 1.165) is 24.0 Å². The molecule has 0 saturated carbocycles. The van der Waals surface area contributed by atoms with Crippen LogP contribution in [0.2, 0.25) is 0 Å². The first kappa shape index (κ1) is 54.9. The Morgan fingerprint density at radius 2 is 0.947 bits per heavy atom. The predicted octanol–water partition coefficient (Wildman–Crippen LogP) is 9.01. The second-order valence-corrected chi connectivity index (χ2v) is 22.5. The summed E-state index contributed by atoms with van der Waals surface area (Å²) in [4.78, 5) is 52.6. The van der Waals surface area contributed by atoms with Gasteiger partial charge in [-0.3, -0.25) is 14.4 Å². The maximum atomic E-state index is 13.5. The predicted molar refractivity (Wildman–Crippen MR) is 277 cm³/mol. The van der Waals surface area contributed by atoms with Crippen molar-refractivity contribution in [2.24, 2.45) is 0 Å². The lowest BCUT2D eigenvalue weighted by molar-refractivity contribution is -0.152.